The second-order valence-corrected chi connectivity index (χ2v) is 10.9. The number of aryl methyl sites for hydroxylation is 1. The monoisotopic (exact) mass is 480 g/mol. The Kier molecular flexibility index (Phi) is 7.18. The molecular formula is C27H36N4O4. The fourth-order valence-corrected chi connectivity index (χ4v) is 4.97. The molecule has 1 aliphatic carbocycles. The van der Waals surface area contributed by atoms with E-state index in [-0.39, 0.29) is 17.2 Å². The van der Waals surface area contributed by atoms with Crippen molar-refractivity contribution in [3.8, 4) is 11.9 Å². The van der Waals surface area contributed by atoms with E-state index < -0.39 is 5.60 Å². The van der Waals surface area contributed by atoms with E-state index in [1.165, 1.54) is 0 Å². The molecule has 0 radical (unpaired) electrons. The molecule has 1 saturated carbocycles. The molecule has 0 atom stereocenters. The van der Waals surface area contributed by atoms with Gasteiger partial charge in [0.05, 0.1) is 41.0 Å². The maximum atomic E-state index is 12.4. The van der Waals surface area contributed by atoms with Gasteiger partial charge in [-0.05, 0) is 77.3 Å². The van der Waals surface area contributed by atoms with E-state index in [2.05, 4.69) is 23.3 Å². The minimum absolute atomic E-state index is 0.255. The number of pyridine rings is 2. The SMILES string of the molecule is CCCCOc1ccc2ncc(C#N)c(CCC34CCC(NC(=O)OC(C)(C)C)(CC3)CO4)c2n1. The first-order chi connectivity index (χ1) is 16.7. The van der Waals surface area contributed by atoms with Crippen molar-refractivity contribution in [3.05, 3.63) is 29.5 Å². The van der Waals surface area contributed by atoms with E-state index in [4.69, 9.17) is 19.2 Å². The van der Waals surface area contributed by atoms with Gasteiger partial charge in [-0.25, -0.2) is 9.78 Å². The number of fused-ring (bicyclic) bond motifs is 4. The van der Waals surface area contributed by atoms with Gasteiger partial charge in [-0.2, -0.15) is 5.26 Å². The largest absolute Gasteiger partial charge is 0.478 e. The molecule has 8 heteroatoms. The number of nitriles is 1. The zero-order chi connectivity index (χ0) is 25.1. The number of carbonyl (C=O) groups is 1. The molecule has 4 heterocycles. The van der Waals surface area contributed by atoms with Gasteiger partial charge < -0.3 is 19.5 Å². The van der Waals surface area contributed by atoms with Crippen LogP contribution in [-0.2, 0) is 15.9 Å². The Labute approximate surface area is 207 Å². The number of unbranched alkanes of at least 4 members (excludes halogenated alkanes) is 1. The highest BCUT2D eigenvalue weighted by molar-refractivity contribution is 5.80. The van der Waals surface area contributed by atoms with Crippen LogP contribution in [-0.4, -0.2) is 46.0 Å². The predicted octanol–water partition coefficient (Wildman–Crippen LogP) is 5.22. The lowest BCUT2D eigenvalue weighted by Gasteiger charge is -2.53. The van der Waals surface area contributed by atoms with Crippen LogP contribution in [0.3, 0.4) is 0 Å². The molecule has 1 N–H and O–H groups in total. The standard InChI is InChI=1S/C27H36N4O4/c1-5-6-15-33-22-8-7-21-23(30-22)20(19(16-28)17-29-21)9-10-27-13-11-26(12-14-27,18-34-27)31-24(32)35-25(2,3)4/h7-8,17H,5-6,9-15,18H2,1-4H3,(H,31,32). The number of carbonyl (C=O) groups excluding carboxylic acids is 1. The highest BCUT2D eigenvalue weighted by Gasteiger charge is 2.50. The van der Waals surface area contributed by atoms with Crippen LogP contribution in [0.15, 0.2) is 18.3 Å². The summed E-state index contributed by atoms with van der Waals surface area (Å²) >= 11 is 0. The molecule has 2 saturated heterocycles. The van der Waals surface area contributed by atoms with E-state index in [1.807, 2.05) is 32.9 Å². The third-order valence-corrected chi connectivity index (χ3v) is 7.03. The van der Waals surface area contributed by atoms with E-state index in [1.54, 1.807) is 6.20 Å². The molecule has 2 aromatic heterocycles. The molecular weight excluding hydrogens is 444 g/mol. The Hall–Kier alpha value is -2.92. The first-order valence-corrected chi connectivity index (χ1v) is 12.6. The summed E-state index contributed by atoms with van der Waals surface area (Å²) in [5, 5.41) is 12.8. The smallest absolute Gasteiger partial charge is 0.408 e. The number of rotatable bonds is 8. The lowest BCUT2D eigenvalue weighted by molar-refractivity contribution is -0.163. The molecule has 5 rings (SSSR count). The summed E-state index contributed by atoms with van der Waals surface area (Å²) in [6.07, 6.45) is 8.12. The molecule has 2 bridgehead atoms. The molecule has 0 unspecified atom stereocenters. The number of amides is 1. The molecule has 2 aromatic rings. The summed E-state index contributed by atoms with van der Waals surface area (Å²) in [4.78, 5) is 21.5. The van der Waals surface area contributed by atoms with Crippen molar-refractivity contribution in [1.29, 1.82) is 5.26 Å². The maximum absolute atomic E-state index is 12.4. The van der Waals surface area contributed by atoms with Gasteiger partial charge in [0.15, 0.2) is 0 Å². The van der Waals surface area contributed by atoms with E-state index in [9.17, 15) is 10.1 Å². The van der Waals surface area contributed by atoms with Gasteiger partial charge in [0.1, 0.15) is 11.7 Å². The Morgan fingerprint density at radius 3 is 2.66 bits per heavy atom. The third kappa shape index (κ3) is 5.84. The first-order valence-electron chi connectivity index (χ1n) is 12.6. The average Bonchev–Trinajstić information content (AvgIpc) is 2.82. The van der Waals surface area contributed by atoms with Crippen LogP contribution in [0.5, 0.6) is 5.88 Å². The van der Waals surface area contributed by atoms with Crippen LogP contribution >= 0.6 is 0 Å². The predicted molar refractivity (Wildman–Crippen MR) is 132 cm³/mol. The number of nitrogens with zero attached hydrogens (tertiary/aromatic N) is 3. The van der Waals surface area contributed by atoms with Gasteiger partial charge in [0.25, 0.3) is 0 Å². The zero-order valence-electron chi connectivity index (χ0n) is 21.3. The number of ether oxygens (including phenoxy) is 3. The summed E-state index contributed by atoms with van der Waals surface area (Å²) in [5.74, 6) is 0.562. The van der Waals surface area contributed by atoms with Gasteiger partial charge in [0.2, 0.25) is 5.88 Å². The second-order valence-electron chi connectivity index (χ2n) is 10.9. The van der Waals surface area contributed by atoms with E-state index in [0.29, 0.717) is 31.1 Å². The van der Waals surface area contributed by atoms with Crippen molar-refractivity contribution in [2.45, 2.75) is 95.8 Å². The van der Waals surface area contributed by atoms with Crippen LogP contribution in [0.4, 0.5) is 4.79 Å². The highest BCUT2D eigenvalue weighted by atomic mass is 16.6. The van der Waals surface area contributed by atoms with Crippen molar-refractivity contribution < 1.29 is 19.0 Å². The topological polar surface area (TPSA) is 106 Å². The summed E-state index contributed by atoms with van der Waals surface area (Å²) < 4.78 is 17.7. The van der Waals surface area contributed by atoms with Crippen molar-refractivity contribution >= 4 is 17.1 Å². The van der Waals surface area contributed by atoms with Crippen LogP contribution in [0, 0.1) is 11.3 Å². The zero-order valence-corrected chi connectivity index (χ0v) is 21.3. The fourth-order valence-electron chi connectivity index (χ4n) is 4.97. The van der Waals surface area contributed by atoms with Gasteiger partial charge in [-0.3, -0.25) is 4.98 Å². The Morgan fingerprint density at radius 2 is 2.03 bits per heavy atom. The van der Waals surface area contributed by atoms with Crippen molar-refractivity contribution in [2.24, 2.45) is 0 Å². The highest BCUT2D eigenvalue weighted by Crippen LogP contribution is 2.46. The van der Waals surface area contributed by atoms with Crippen LogP contribution in [0.2, 0.25) is 0 Å². The fraction of sp³-hybridized carbons (Fsp3) is 0.630. The molecule has 8 nitrogen and oxygen atoms in total. The van der Waals surface area contributed by atoms with Gasteiger partial charge in [0, 0.05) is 12.3 Å². The quantitative estimate of drug-likeness (QED) is 0.516. The molecule has 0 spiro atoms. The molecule has 2 aliphatic heterocycles. The average molecular weight is 481 g/mol. The summed E-state index contributed by atoms with van der Waals surface area (Å²) in [7, 11) is 0. The molecule has 3 fully saturated rings. The maximum Gasteiger partial charge on any atom is 0.408 e. The summed E-state index contributed by atoms with van der Waals surface area (Å²) in [5.41, 5.74) is 1.77. The molecule has 1 amide bonds. The number of alkyl carbamates (subject to hydrolysis) is 1. The first kappa shape index (κ1) is 25.2. The molecule has 35 heavy (non-hydrogen) atoms. The number of aromatic nitrogens is 2. The molecule has 3 aliphatic rings. The normalized spacial score (nSPS) is 23.6. The lowest BCUT2D eigenvalue weighted by atomic mass is 9.69. The van der Waals surface area contributed by atoms with Crippen molar-refractivity contribution in [1.82, 2.24) is 15.3 Å². The van der Waals surface area contributed by atoms with Crippen molar-refractivity contribution in [2.75, 3.05) is 13.2 Å². The molecule has 188 valence electrons. The van der Waals surface area contributed by atoms with Crippen LogP contribution in [0.25, 0.3) is 11.0 Å². The molecule has 0 aromatic carbocycles. The number of hydrogen-bond donors (Lipinski definition) is 1. The second kappa shape index (κ2) is 9.98. The Morgan fingerprint density at radius 1 is 1.26 bits per heavy atom. The van der Waals surface area contributed by atoms with Gasteiger partial charge >= 0.3 is 6.09 Å². The van der Waals surface area contributed by atoms with Gasteiger partial charge in [-0.1, -0.05) is 13.3 Å². The minimum Gasteiger partial charge on any atom is -0.478 e. The Bertz CT molecular complexity index is 1090. The lowest BCUT2D eigenvalue weighted by Crippen LogP contribution is -2.63. The summed E-state index contributed by atoms with van der Waals surface area (Å²) in [6.45, 7) is 8.80. The van der Waals surface area contributed by atoms with E-state index in [0.717, 1.165) is 61.5 Å². The van der Waals surface area contributed by atoms with Gasteiger partial charge in [-0.15, -0.1) is 0 Å². The Balaban J connectivity index is 1.46. The number of nitrogens with one attached hydrogen (secondary N) is 1. The minimum atomic E-state index is -0.532. The third-order valence-electron chi connectivity index (χ3n) is 7.03. The summed E-state index contributed by atoms with van der Waals surface area (Å²) in [6, 6.07) is 6.03. The van der Waals surface area contributed by atoms with Crippen LogP contribution < -0.4 is 10.1 Å². The van der Waals surface area contributed by atoms with Crippen molar-refractivity contribution in [3.63, 3.8) is 0 Å². The number of hydrogen-bond acceptors (Lipinski definition) is 7. The van der Waals surface area contributed by atoms with Crippen LogP contribution in [0.1, 0.15) is 83.8 Å². The van der Waals surface area contributed by atoms with E-state index >= 15 is 0 Å².